The summed E-state index contributed by atoms with van der Waals surface area (Å²) < 4.78 is 5.71. The molecule has 0 saturated heterocycles. The summed E-state index contributed by atoms with van der Waals surface area (Å²) in [4.78, 5) is 0. The Balaban J connectivity index is 2.00. The lowest BCUT2D eigenvalue weighted by Gasteiger charge is -2.09. The zero-order chi connectivity index (χ0) is 13.2. The quantitative estimate of drug-likeness (QED) is 0.762. The molecule has 0 aliphatic heterocycles. The summed E-state index contributed by atoms with van der Waals surface area (Å²) >= 11 is 0. The first-order chi connectivity index (χ1) is 9.28. The molecule has 0 aliphatic carbocycles. The second-order valence-corrected chi connectivity index (χ2v) is 4.69. The van der Waals surface area contributed by atoms with Crippen LogP contribution in [0.15, 0.2) is 59.0 Å². The van der Waals surface area contributed by atoms with Gasteiger partial charge in [0.25, 0.3) is 0 Å². The summed E-state index contributed by atoms with van der Waals surface area (Å²) in [6.07, 6.45) is 0.250. The van der Waals surface area contributed by atoms with Crippen LogP contribution >= 0.6 is 0 Å². The normalized spacial score (nSPS) is 12.7. The van der Waals surface area contributed by atoms with Crippen molar-refractivity contribution in [1.82, 2.24) is 0 Å². The van der Waals surface area contributed by atoms with Crippen LogP contribution in [0.4, 0.5) is 0 Å². The minimum atomic E-state index is -0.709. The van der Waals surface area contributed by atoms with E-state index in [2.05, 4.69) is 13.0 Å². The second-order valence-electron chi connectivity index (χ2n) is 4.69. The van der Waals surface area contributed by atoms with Gasteiger partial charge in [-0.1, -0.05) is 49.4 Å². The van der Waals surface area contributed by atoms with Crippen LogP contribution in [0.5, 0.6) is 0 Å². The molecule has 3 aromatic rings. The van der Waals surface area contributed by atoms with Crippen LogP contribution in [0.3, 0.4) is 0 Å². The van der Waals surface area contributed by atoms with E-state index in [0.29, 0.717) is 5.76 Å². The zero-order valence-corrected chi connectivity index (χ0v) is 10.8. The Hall–Kier alpha value is -2.06. The molecule has 0 aliphatic rings. The van der Waals surface area contributed by atoms with Crippen LogP contribution in [0, 0.1) is 0 Å². The monoisotopic (exact) mass is 252 g/mol. The average Bonchev–Trinajstić information content (AvgIpc) is 2.90. The molecule has 0 spiro atoms. The van der Waals surface area contributed by atoms with Gasteiger partial charge in [-0.25, -0.2) is 0 Å². The van der Waals surface area contributed by atoms with Gasteiger partial charge in [0.05, 0.1) is 0 Å². The smallest absolute Gasteiger partial charge is 0.138 e. The van der Waals surface area contributed by atoms with E-state index in [0.717, 1.165) is 23.0 Å². The maximum absolute atomic E-state index is 10.4. The minimum absolute atomic E-state index is 0.592. The third kappa shape index (κ3) is 2.27. The molecule has 0 amide bonds. The van der Waals surface area contributed by atoms with Crippen molar-refractivity contribution in [2.45, 2.75) is 19.4 Å². The first kappa shape index (κ1) is 12.0. The predicted octanol–water partition coefficient (Wildman–Crippen LogP) is 4.08. The highest BCUT2D eigenvalue weighted by Gasteiger charge is 2.15. The average molecular weight is 252 g/mol. The van der Waals surface area contributed by atoms with Gasteiger partial charge in [0.1, 0.15) is 17.4 Å². The molecule has 1 unspecified atom stereocenters. The highest BCUT2D eigenvalue weighted by molar-refractivity contribution is 5.77. The summed E-state index contributed by atoms with van der Waals surface area (Å²) in [5.41, 5.74) is 2.90. The Morgan fingerprint density at radius 1 is 1.05 bits per heavy atom. The van der Waals surface area contributed by atoms with Crippen LogP contribution in [0.2, 0.25) is 0 Å². The van der Waals surface area contributed by atoms with Gasteiger partial charge >= 0.3 is 0 Å². The maximum atomic E-state index is 10.4. The van der Waals surface area contributed by atoms with Gasteiger partial charge in [0.15, 0.2) is 0 Å². The van der Waals surface area contributed by atoms with Crippen molar-refractivity contribution in [2.75, 3.05) is 0 Å². The number of aryl methyl sites for hydroxylation is 1. The van der Waals surface area contributed by atoms with Gasteiger partial charge in [-0.05, 0) is 29.7 Å². The van der Waals surface area contributed by atoms with Crippen molar-refractivity contribution in [2.24, 2.45) is 0 Å². The number of fused-ring (bicyclic) bond motifs is 1. The molecule has 1 aromatic heterocycles. The highest BCUT2D eigenvalue weighted by atomic mass is 16.4. The number of hydrogen-bond acceptors (Lipinski definition) is 2. The number of para-hydroxylation sites is 1. The summed E-state index contributed by atoms with van der Waals surface area (Å²) in [7, 11) is 0. The first-order valence-electron chi connectivity index (χ1n) is 6.53. The number of benzene rings is 2. The van der Waals surface area contributed by atoms with E-state index >= 15 is 0 Å². The van der Waals surface area contributed by atoms with E-state index in [4.69, 9.17) is 4.42 Å². The SMILES string of the molecule is CCc1cccc(C(O)c2cc3ccccc3o2)c1. The molecular weight excluding hydrogens is 236 g/mol. The number of furan rings is 1. The maximum Gasteiger partial charge on any atom is 0.138 e. The van der Waals surface area contributed by atoms with Crippen molar-refractivity contribution >= 4 is 11.0 Å². The standard InChI is InChI=1S/C17H16O2/c1-2-12-6-5-8-14(10-12)17(18)16-11-13-7-3-4-9-15(13)19-16/h3-11,17-18H,2H2,1H3. The number of rotatable bonds is 3. The molecule has 19 heavy (non-hydrogen) atoms. The van der Waals surface area contributed by atoms with E-state index in [-0.39, 0.29) is 0 Å². The summed E-state index contributed by atoms with van der Waals surface area (Å²) in [6.45, 7) is 2.10. The van der Waals surface area contributed by atoms with Crippen LogP contribution in [-0.4, -0.2) is 5.11 Å². The number of aliphatic hydroxyl groups is 1. The van der Waals surface area contributed by atoms with Crippen LogP contribution in [0.1, 0.15) is 29.9 Å². The third-order valence-corrected chi connectivity index (χ3v) is 3.39. The molecule has 0 saturated carbocycles. The first-order valence-corrected chi connectivity index (χ1v) is 6.53. The lowest BCUT2D eigenvalue weighted by Crippen LogP contribution is -1.98. The van der Waals surface area contributed by atoms with Crippen molar-refractivity contribution in [3.05, 3.63) is 71.5 Å². The molecule has 1 atom stereocenters. The van der Waals surface area contributed by atoms with E-state index in [1.807, 2.05) is 48.5 Å². The molecule has 2 heteroatoms. The molecule has 0 bridgehead atoms. The van der Waals surface area contributed by atoms with Crippen molar-refractivity contribution in [1.29, 1.82) is 0 Å². The zero-order valence-electron chi connectivity index (χ0n) is 10.8. The molecule has 0 radical (unpaired) electrons. The van der Waals surface area contributed by atoms with Gasteiger partial charge in [-0.3, -0.25) is 0 Å². The van der Waals surface area contributed by atoms with Crippen LogP contribution in [0.25, 0.3) is 11.0 Å². The molecule has 3 rings (SSSR count). The number of aliphatic hydroxyl groups excluding tert-OH is 1. The van der Waals surface area contributed by atoms with Crippen LogP contribution < -0.4 is 0 Å². The molecular formula is C17H16O2. The Morgan fingerprint density at radius 3 is 2.68 bits per heavy atom. The fourth-order valence-corrected chi connectivity index (χ4v) is 2.28. The van der Waals surface area contributed by atoms with E-state index in [1.54, 1.807) is 0 Å². The lowest BCUT2D eigenvalue weighted by molar-refractivity contribution is 0.192. The lowest BCUT2D eigenvalue weighted by atomic mass is 10.0. The van der Waals surface area contributed by atoms with Crippen LogP contribution in [-0.2, 0) is 6.42 Å². The Labute approximate surface area is 112 Å². The van der Waals surface area contributed by atoms with Crippen molar-refractivity contribution in [3.8, 4) is 0 Å². The summed E-state index contributed by atoms with van der Waals surface area (Å²) in [6, 6.07) is 17.7. The largest absolute Gasteiger partial charge is 0.458 e. The molecule has 2 aromatic carbocycles. The Kier molecular flexibility index (Phi) is 3.10. The van der Waals surface area contributed by atoms with Gasteiger partial charge in [0.2, 0.25) is 0 Å². The van der Waals surface area contributed by atoms with Crippen molar-refractivity contribution in [3.63, 3.8) is 0 Å². The topological polar surface area (TPSA) is 33.4 Å². The van der Waals surface area contributed by atoms with Gasteiger partial charge < -0.3 is 9.52 Å². The molecule has 0 fully saturated rings. The fraction of sp³-hybridized carbons (Fsp3) is 0.176. The van der Waals surface area contributed by atoms with Gasteiger partial charge in [-0.2, -0.15) is 0 Å². The molecule has 1 heterocycles. The van der Waals surface area contributed by atoms with Gasteiger partial charge in [-0.15, -0.1) is 0 Å². The van der Waals surface area contributed by atoms with Crippen molar-refractivity contribution < 1.29 is 9.52 Å². The summed E-state index contributed by atoms with van der Waals surface area (Å²) in [5, 5.41) is 11.4. The van der Waals surface area contributed by atoms with E-state index in [1.165, 1.54) is 5.56 Å². The second kappa shape index (κ2) is 4.90. The summed E-state index contributed by atoms with van der Waals surface area (Å²) in [5.74, 6) is 0.592. The predicted molar refractivity (Wildman–Crippen MR) is 76.1 cm³/mol. The third-order valence-electron chi connectivity index (χ3n) is 3.39. The highest BCUT2D eigenvalue weighted by Crippen LogP contribution is 2.28. The Bertz CT molecular complexity index is 664. The van der Waals surface area contributed by atoms with E-state index < -0.39 is 6.10 Å². The van der Waals surface area contributed by atoms with Gasteiger partial charge in [0, 0.05) is 5.39 Å². The fourth-order valence-electron chi connectivity index (χ4n) is 2.28. The van der Waals surface area contributed by atoms with E-state index in [9.17, 15) is 5.11 Å². The number of hydrogen-bond donors (Lipinski definition) is 1. The molecule has 96 valence electrons. The Morgan fingerprint density at radius 2 is 1.89 bits per heavy atom. The molecule has 1 N–H and O–H groups in total. The minimum Gasteiger partial charge on any atom is -0.458 e. The molecule has 2 nitrogen and oxygen atoms in total.